The summed E-state index contributed by atoms with van der Waals surface area (Å²) in [6.45, 7) is 5.77. The van der Waals surface area contributed by atoms with Crippen molar-refractivity contribution in [1.82, 2.24) is 14.7 Å². The Labute approximate surface area is 237 Å². The van der Waals surface area contributed by atoms with Gasteiger partial charge < -0.3 is 9.47 Å². The van der Waals surface area contributed by atoms with Crippen LogP contribution in [-0.2, 0) is 14.3 Å². The number of nitriles is 1. The van der Waals surface area contributed by atoms with E-state index in [9.17, 15) is 25.0 Å². The van der Waals surface area contributed by atoms with Crippen molar-refractivity contribution in [2.24, 2.45) is 0 Å². The second-order valence-electron chi connectivity index (χ2n) is 9.56. The molecule has 0 unspecified atom stereocenters. The van der Waals surface area contributed by atoms with Crippen molar-refractivity contribution in [3.63, 3.8) is 0 Å². The fourth-order valence-electron chi connectivity index (χ4n) is 4.44. The number of nitro groups is 1. The minimum absolute atomic E-state index is 0.00313. The van der Waals surface area contributed by atoms with E-state index in [1.54, 1.807) is 29.9 Å². The monoisotopic (exact) mass is 555 g/mol. The number of benzene rings is 2. The molecule has 210 valence electrons. The molecule has 0 aliphatic carbocycles. The number of methoxy groups -OCH3 is 1. The summed E-state index contributed by atoms with van der Waals surface area (Å²) in [5.41, 5.74) is 2.00. The lowest BCUT2D eigenvalue weighted by Crippen LogP contribution is -2.43. The number of hydrogen-bond donors (Lipinski definition) is 0. The van der Waals surface area contributed by atoms with Gasteiger partial charge in [0.15, 0.2) is 5.75 Å². The second kappa shape index (κ2) is 12.4. The number of hydrogen-bond acceptors (Lipinski definition) is 8. The normalized spacial score (nSPS) is 14.6. The SMILES string of the molecule is COc1ccc(-c2nn(-c3ccccc3)cc2/C=C2/C(=O)N(CCCOC(C)C)C(=O)C(C#N)=C2C)cc1[N+](=O)[O-]. The third-order valence-corrected chi connectivity index (χ3v) is 6.51. The highest BCUT2D eigenvalue weighted by atomic mass is 16.6. The average Bonchev–Trinajstić information content (AvgIpc) is 3.39. The van der Waals surface area contributed by atoms with E-state index in [2.05, 4.69) is 0 Å². The van der Waals surface area contributed by atoms with Crippen LogP contribution < -0.4 is 4.74 Å². The molecule has 0 fully saturated rings. The zero-order chi connectivity index (χ0) is 29.7. The predicted molar refractivity (Wildman–Crippen MR) is 151 cm³/mol. The molecule has 1 aliphatic rings. The van der Waals surface area contributed by atoms with Crippen molar-refractivity contribution in [2.45, 2.75) is 33.3 Å². The van der Waals surface area contributed by atoms with Crippen LogP contribution in [0.1, 0.15) is 32.8 Å². The number of ether oxygens (including phenoxy) is 2. The number of amides is 2. The molecule has 41 heavy (non-hydrogen) atoms. The summed E-state index contributed by atoms with van der Waals surface area (Å²) in [6, 6.07) is 15.7. The summed E-state index contributed by atoms with van der Waals surface area (Å²) in [5, 5.41) is 26.2. The zero-order valence-corrected chi connectivity index (χ0v) is 23.2. The molecule has 0 atom stereocenters. The molecule has 0 N–H and O–H groups in total. The van der Waals surface area contributed by atoms with Gasteiger partial charge in [-0.1, -0.05) is 18.2 Å². The number of para-hydroxylation sites is 1. The zero-order valence-electron chi connectivity index (χ0n) is 23.2. The molecule has 4 rings (SSSR count). The van der Waals surface area contributed by atoms with Gasteiger partial charge in [-0.05, 0) is 63.1 Å². The molecular weight excluding hydrogens is 526 g/mol. The molecule has 0 spiro atoms. The van der Waals surface area contributed by atoms with Gasteiger partial charge in [0.1, 0.15) is 17.3 Å². The van der Waals surface area contributed by atoms with Gasteiger partial charge in [-0.25, -0.2) is 4.68 Å². The first-order valence-electron chi connectivity index (χ1n) is 12.9. The van der Waals surface area contributed by atoms with Crippen molar-refractivity contribution in [3.8, 4) is 28.8 Å². The highest BCUT2D eigenvalue weighted by Gasteiger charge is 2.35. The number of carbonyl (C=O) groups excluding carboxylic acids is 2. The number of aromatic nitrogens is 2. The van der Waals surface area contributed by atoms with E-state index in [0.29, 0.717) is 29.8 Å². The molecule has 3 aromatic rings. The Hall–Kier alpha value is -5.08. The van der Waals surface area contributed by atoms with Crippen LogP contribution in [0.3, 0.4) is 0 Å². The van der Waals surface area contributed by atoms with Crippen molar-refractivity contribution >= 4 is 23.6 Å². The van der Waals surface area contributed by atoms with Crippen molar-refractivity contribution < 1.29 is 24.0 Å². The van der Waals surface area contributed by atoms with Gasteiger partial charge in [-0.15, -0.1) is 0 Å². The summed E-state index contributed by atoms with van der Waals surface area (Å²) >= 11 is 0. The van der Waals surface area contributed by atoms with Gasteiger partial charge in [0.2, 0.25) is 0 Å². The van der Waals surface area contributed by atoms with E-state index in [1.165, 1.54) is 19.2 Å². The molecule has 2 aromatic carbocycles. The molecule has 0 saturated carbocycles. The fourth-order valence-corrected chi connectivity index (χ4v) is 4.44. The maximum absolute atomic E-state index is 13.6. The maximum atomic E-state index is 13.6. The van der Waals surface area contributed by atoms with E-state index >= 15 is 0 Å². The van der Waals surface area contributed by atoms with E-state index in [4.69, 9.17) is 14.6 Å². The highest BCUT2D eigenvalue weighted by Crippen LogP contribution is 2.35. The third kappa shape index (κ3) is 6.08. The lowest BCUT2D eigenvalue weighted by Gasteiger charge is -2.27. The minimum atomic E-state index is -0.650. The third-order valence-electron chi connectivity index (χ3n) is 6.51. The van der Waals surface area contributed by atoms with Gasteiger partial charge in [-0.3, -0.25) is 24.6 Å². The number of nitrogens with zero attached hydrogens (tertiary/aromatic N) is 5. The first-order chi connectivity index (χ1) is 19.7. The lowest BCUT2D eigenvalue weighted by atomic mass is 9.93. The van der Waals surface area contributed by atoms with Gasteiger partial charge in [0.25, 0.3) is 11.8 Å². The first-order valence-corrected chi connectivity index (χ1v) is 12.9. The molecule has 0 saturated heterocycles. The molecule has 1 aromatic heterocycles. The Morgan fingerprint density at radius 2 is 1.88 bits per heavy atom. The summed E-state index contributed by atoms with van der Waals surface area (Å²) in [6.07, 6.45) is 3.67. The van der Waals surface area contributed by atoms with Crippen LogP contribution in [0, 0.1) is 21.4 Å². The Balaban J connectivity index is 1.85. The quantitative estimate of drug-likeness (QED) is 0.114. The van der Waals surface area contributed by atoms with Crippen LogP contribution in [0.5, 0.6) is 5.75 Å². The lowest BCUT2D eigenvalue weighted by molar-refractivity contribution is -0.385. The van der Waals surface area contributed by atoms with Crippen LogP contribution in [0.25, 0.3) is 23.0 Å². The van der Waals surface area contributed by atoms with Gasteiger partial charge in [0, 0.05) is 42.1 Å². The summed E-state index contributed by atoms with van der Waals surface area (Å²) < 4.78 is 12.3. The Bertz CT molecular complexity index is 1600. The fraction of sp³-hybridized carbons (Fsp3) is 0.267. The Morgan fingerprint density at radius 3 is 2.51 bits per heavy atom. The predicted octanol–water partition coefficient (Wildman–Crippen LogP) is 4.86. The van der Waals surface area contributed by atoms with E-state index < -0.39 is 16.7 Å². The largest absolute Gasteiger partial charge is 0.490 e. The number of carbonyl (C=O) groups is 2. The topological polar surface area (TPSA) is 141 Å². The van der Waals surface area contributed by atoms with Crippen molar-refractivity contribution in [3.05, 3.63) is 87.1 Å². The first kappa shape index (κ1) is 28.9. The van der Waals surface area contributed by atoms with E-state index in [-0.39, 0.29) is 40.8 Å². The van der Waals surface area contributed by atoms with Crippen LogP contribution in [0.15, 0.2) is 71.4 Å². The summed E-state index contributed by atoms with van der Waals surface area (Å²) in [4.78, 5) is 38.9. The van der Waals surface area contributed by atoms with E-state index in [1.807, 2.05) is 50.2 Å². The molecule has 1 aliphatic heterocycles. The molecular formula is C30H29N5O6. The number of rotatable bonds is 10. The van der Waals surface area contributed by atoms with Crippen molar-refractivity contribution in [1.29, 1.82) is 5.26 Å². The number of imide groups is 1. The van der Waals surface area contributed by atoms with Gasteiger partial charge in [0.05, 0.1) is 23.8 Å². The smallest absolute Gasteiger partial charge is 0.311 e. The van der Waals surface area contributed by atoms with Gasteiger partial charge >= 0.3 is 5.69 Å². The van der Waals surface area contributed by atoms with Gasteiger partial charge in [-0.2, -0.15) is 10.4 Å². The van der Waals surface area contributed by atoms with Crippen LogP contribution in [-0.4, -0.2) is 57.8 Å². The highest BCUT2D eigenvalue weighted by molar-refractivity contribution is 6.19. The summed E-state index contributed by atoms with van der Waals surface area (Å²) in [5.74, 6) is -1.10. The van der Waals surface area contributed by atoms with Crippen LogP contribution in [0.2, 0.25) is 0 Å². The molecule has 0 radical (unpaired) electrons. The molecule has 2 amide bonds. The number of nitro benzene ring substituents is 1. The Kier molecular flexibility index (Phi) is 8.75. The molecule has 11 nitrogen and oxygen atoms in total. The van der Waals surface area contributed by atoms with Crippen LogP contribution in [0.4, 0.5) is 5.69 Å². The molecule has 0 bridgehead atoms. The standard InChI is InChI=1S/C30H29N5O6/c1-19(2)41-14-8-13-33-29(36)24(20(3)25(17-31)30(33)37)15-22-18-34(23-9-6-5-7-10-23)32-28(22)21-11-12-27(40-4)26(16-21)35(38)39/h5-7,9-12,15-16,18-19H,8,13-14H2,1-4H3/b24-15+. The molecule has 2 heterocycles. The van der Waals surface area contributed by atoms with E-state index in [0.717, 1.165) is 10.6 Å². The minimum Gasteiger partial charge on any atom is -0.490 e. The Morgan fingerprint density at radius 1 is 1.15 bits per heavy atom. The molecule has 11 heteroatoms. The summed E-state index contributed by atoms with van der Waals surface area (Å²) in [7, 11) is 1.35. The average molecular weight is 556 g/mol. The van der Waals surface area contributed by atoms with Crippen LogP contribution >= 0.6 is 0 Å². The maximum Gasteiger partial charge on any atom is 0.311 e. The second-order valence-corrected chi connectivity index (χ2v) is 9.56. The van der Waals surface area contributed by atoms with Crippen molar-refractivity contribution in [2.75, 3.05) is 20.3 Å².